The fraction of sp³-hybridized carbons (Fsp3) is 0.400. The smallest absolute Gasteiger partial charge is 0.410 e. The predicted molar refractivity (Wildman–Crippen MR) is 149 cm³/mol. The maximum atomic E-state index is 13.1. The molecule has 2 aliphatic rings. The minimum Gasteiger partial charge on any atom is -0.457 e. The number of nitrogen functional groups attached to an aromatic ring is 1. The number of piperidine rings is 2. The van der Waals surface area contributed by atoms with Crippen molar-refractivity contribution in [2.24, 2.45) is 0 Å². The van der Waals surface area contributed by atoms with E-state index in [1.807, 2.05) is 85.0 Å². The first-order valence-electron chi connectivity index (χ1n) is 13.6. The summed E-state index contributed by atoms with van der Waals surface area (Å²) in [7, 11) is 0. The number of nitrogens with two attached hydrogens (primary N) is 1. The van der Waals surface area contributed by atoms with Crippen molar-refractivity contribution in [3.8, 4) is 22.8 Å². The summed E-state index contributed by atoms with van der Waals surface area (Å²) in [6.07, 6.45) is 5.88. The van der Waals surface area contributed by atoms with Gasteiger partial charge >= 0.3 is 6.09 Å². The monoisotopic (exact) mass is 526 g/mol. The van der Waals surface area contributed by atoms with E-state index in [0.717, 1.165) is 65.9 Å². The molecule has 0 radical (unpaired) electrons. The van der Waals surface area contributed by atoms with Gasteiger partial charge < -0.3 is 20.1 Å². The minimum atomic E-state index is -0.522. The molecule has 2 saturated heterocycles. The number of carbonyl (C=O) groups excluding carboxylic acids is 1. The predicted octanol–water partition coefficient (Wildman–Crippen LogP) is 6.36. The SMILES string of the molecule is CC(C)(C)OC(=O)N1C2CCCC1CC(n1nc(-c3ccc(Oc4ccccc4)cc3)c3c(N)ncnc31)C2. The average Bonchev–Trinajstić information content (AvgIpc) is 3.29. The summed E-state index contributed by atoms with van der Waals surface area (Å²) >= 11 is 0. The fourth-order valence-electron chi connectivity index (χ4n) is 5.92. The number of fused-ring (bicyclic) bond motifs is 3. The molecule has 4 heterocycles. The first kappa shape index (κ1) is 25.2. The Morgan fingerprint density at radius 1 is 0.923 bits per heavy atom. The first-order valence-corrected chi connectivity index (χ1v) is 13.6. The van der Waals surface area contributed by atoms with Crippen molar-refractivity contribution in [2.75, 3.05) is 5.73 Å². The average molecular weight is 527 g/mol. The molecule has 0 spiro atoms. The maximum absolute atomic E-state index is 13.1. The van der Waals surface area contributed by atoms with Crippen LogP contribution in [0.15, 0.2) is 60.9 Å². The Labute approximate surface area is 227 Å². The zero-order valence-electron chi connectivity index (χ0n) is 22.6. The van der Waals surface area contributed by atoms with E-state index in [1.54, 1.807) is 0 Å². The van der Waals surface area contributed by atoms with Crippen molar-refractivity contribution in [1.29, 1.82) is 0 Å². The molecule has 0 aliphatic carbocycles. The topological polar surface area (TPSA) is 108 Å². The summed E-state index contributed by atoms with van der Waals surface area (Å²) in [6.45, 7) is 5.74. The largest absolute Gasteiger partial charge is 0.457 e. The molecule has 1 amide bonds. The van der Waals surface area contributed by atoms with Crippen LogP contribution < -0.4 is 10.5 Å². The number of nitrogens with zero attached hydrogens (tertiary/aromatic N) is 5. The molecule has 9 nitrogen and oxygen atoms in total. The highest BCUT2D eigenvalue weighted by atomic mass is 16.6. The Kier molecular flexibility index (Phi) is 6.37. The summed E-state index contributed by atoms with van der Waals surface area (Å²) in [6, 6.07) is 17.8. The van der Waals surface area contributed by atoms with E-state index < -0.39 is 5.60 Å². The van der Waals surface area contributed by atoms with Crippen molar-refractivity contribution < 1.29 is 14.3 Å². The van der Waals surface area contributed by atoms with Gasteiger partial charge in [-0.25, -0.2) is 19.4 Å². The molecule has 2 aromatic carbocycles. The highest BCUT2D eigenvalue weighted by Crippen LogP contribution is 2.42. The Morgan fingerprint density at radius 3 is 2.26 bits per heavy atom. The Bertz CT molecular complexity index is 1460. The second-order valence-corrected chi connectivity index (χ2v) is 11.4. The lowest BCUT2D eigenvalue weighted by Crippen LogP contribution is -2.56. The van der Waals surface area contributed by atoms with E-state index >= 15 is 0 Å². The van der Waals surface area contributed by atoms with E-state index in [0.29, 0.717) is 5.82 Å². The van der Waals surface area contributed by atoms with Crippen LogP contribution in [0.3, 0.4) is 0 Å². The quantitative estimate of drug-likeness (QED) is 0.329. The second kappa shape index (κ2) is 9.87. The Balaban J connectivity index is 1.31. The van der Waals surface area contributed by atoms with Crippen LogP contribution >= 0.6 is 0 Å². The van der Waals surface area contributed by atoms with Crippen LogP contribution in [-0.2, 0) is 4.74 Å². The summed E-state index contributed by atoms with van der Waals surface area (Å²) in [5, 5.41) is 5.82. The lowest BCUT2D eigenvalue weighted by molar-refractivity contribution is -0.0271. The summed E-state index contributed by atoms with van der Waals surface area (Å²) in [5.74, 6) is 1.92. The van der Waals surface area contributed by atoms with Gasteiger partial charge in [-0.3, -0.25) is 0 Å². The Hall–Kier alpha value is -4.14. The van der Waals surface area contributed by atoms with Gasteiger partial charge in [0.2, 0.25) is 0 Å². The standard InChI is InChI=1S/C30H34N6O3/c1-30(2,3)39-29(37)35-20-8-7-9-21(35)17-22(16-20)36-28-25(27(31)32-18-33-28)26(34-36)19-12-14-24(15-13-19)38-23-10-5-4-6-11-23/h4-6,10-15,18,20-22H,7-9,16-17H2,1-3H3,(H2,31,32,33). The van der Waals surface area contributed by atoms with Crippen LogP contribution in [0, 0.1) is 0 Å². The molecule has 2 unspecified atom stereocenters. The van der Waals surface area contributed by atoms with Gasteiger partial charge in [-0.15, -0.1) is 0 Å². The number of ether oxygens (including phenoxy) is 2. The van der Waals surface area contributed by atoms with Crippen molar-refractivity contribution in [2.45, 2.75) is 76.6 Å². The number of rotatable bonds is 4. The number of para-hydroxylation sites is 1. The van der Waals surface area contributed by atoms with Crippen LogP contribution in [0.5, 0.6) is 11.5 Å². The molecule has 2 N–H and O–H groups in total. The molecule has 0 saturated carbocycles. The van der Waals surface area contributed by atoms with E-state index in [-0.39, 0.29) is 24.2 Å². The second-order valence-electron chi connectivity index (χ2n) is 11.4. The third kappa shape index (κ3) is 5.01. The molecule has 4 aromatic rings. The van der Waals surface area contributed by atoms with Gasteiger partial charge in [0.15, 0.2) is 5.65 Å². The molecule has 9 heteroatoms. The number of hydrogen-bond acceptors (Lipinski definition) is 7. The van der Waals surface area contributed by atoms with Gasteiger partial charge in [0.25, 0.3) is 0 Å². The van der Waals surface area contributed by atoms with Gasteiger partial charge in [0.1, 0.15) is 34.9 Å². The minimum absolute atomic E-state index is 0.0882. The number of aromatic nitrogens is 4. The van der Waals surface area contributed by atoms with Crippen LogP contribution in [0.25, 0.3) is 22.3 Å². The third-order valence-corrected chi connectivity index (χ3v) is 7.52. The molecule has 2 fully saturated rings. The first-order chi connectivity index (χ1) is 18.8. The molecule has 202 valence electrons. The van der Waals surface area contributed by atoms with Gasteiger partial charge in [0, 0.05) is 17.6 Å². The number of amides is 1. The lowest BCUT2D eigenvalue weighted by Gasteiger charge is -2.48. The van der Waals surface area contributed by atoms with E-state index in [4.69, 9.17) is 20.3 Å². The van der Waals surface area contributed by atoms with Crippen molar-refractivity contribution >= 4 is 22.9 Å². The molecular formula is C30H34N6O3. The maximum Gasteiger partial charge on any atom is 0.410 e. The normalized spacial score (nSPS) is 21.1. The van der Waals surface area contributed by atoms with Crippen LogP contribution in [0.2, 0.25) is 0 Å². The van der Waals surface area contributed by atoms with Crippen LogP contribution in [-0.4, -0.2) is 48.4 Å². The van der Waals surface area contributed by atoms with Gasteiger partial charge in [0.05, 0.1) is 11.4 Å². The van der Waals surface area contributed by atoms with E-state index in [2.05, 4.69) is 9.97 Å². The van der Waals surface area contributed by atoms with Crippen molar-refractivity contribution in [1.82, 2.24) is 24.6 Å². The molecular weight excluding hydrogens is 492 g/mol. The molecule has 2 atom stereocenters. The van der Waals surface area contributed by atoms with E-state index in [9.17, 15) is 4.79 Å². The third-order valence-electron chi connectivity index (χ3n) is 7.52. The number of anilines is 1. The van der Waals surface area contributed by atoms with Crippen LogP contribution in [0.1, 0.15) is 58.9 Å². The zero-order chi connectivity index (χ0) is 27.1. The summed E-state index contributed by atoms with van der Waals surface area (Å²) in [5.41, 5.74) is 8.23. The molecule has 2 aliphatic heterocycles. The highest BCUT2D eigenvalue weighted by molar-refractivity contribution is 5.98. The number of hydrogen-bond donors (Lipinski definition) is 1. The van der Waals surface area contributed by atoms with Gasteiger partial charge in [-0.05, 0) is 89.3 Å². The summed E-state index contributed by atoms with van der Waals surface area (Å²) < 4.78 is 13.7. The van der Waals surface area contributed by atoms with Crippen LogP contribution in [0.4, 0.5) is 10.6 Å². The molecule has 2 bridgehead atoms. The van der Waals surface area contributed by atoms with Crippen molar-refractivity contribution in [3.05, 3.63) is 60.9 Å². The Morgan fingerprint density at radius 2 is 1.59 bits per heavy atom. The van der Waals surface area contributed by atoms with Crippen molar-refractivity contribution in [3.63, 3.8) is 0 Å². The number of carbonyl (C=O) groups is 1. The zero-order valence-corrected chi connectivity index (χ0v) is 22.6. The fourth-order valence-corrected chi connectivity index (χ4v) is 5.92. The molecule has 39 heavy (non-hydrogen) atoms. The summed E-state index contributed by atoms with van der Waals surface area (Å²) in [4.78, 5) is 24.0. The van der Waals surface area contributed by atoms with E-state index in [1.165, 1.54) is 6.33 Å². The van der Waals surface area contributed by atoms with Gasteiger partial charge in [-0.1, -0.05) is 18.2 Å². The highest BCUT2D eigenvalue weighted by Gasteiger charge is 2.44. The molecule has 6 rings (SSSR count). The number of benzene rings is 2. The lowest BCUT2D eigenvalue weighted by atomic mass is 9.82. The molecule has 2 aromatic heterocycles. The van der Waals surface area contributed by atoms with Gasteiger partial charge in [-0.2, -0.15) is 5.10 Å².